The van der Waals surface area contributed by atoms with Crippen LogP contribution in [-0.2, 0) is 28.4 Å². The van der Waals surface area contributed by atoms with E-state index >= 15 is 0 Å². The minimum Gasteiger partial charge on any atom is -0.377 e. The molecular formula is C23H44O6. The van der Waals surface area contributed by atoms with Gasteiger partial charge in [0.2, 0.25) is 0 Å². The second kappa shape index (κ2) is 15.5. The van der Waals surface area contributed by atoms with Gasteiger partial charge >= 0.3 is 0 Å². The van der Waals surface area contributed by atoms with Gasteiger partial charge in [-0.1, -0.05) is 26.2 Å². The predicted octanol–water partition coefficient (Wildman–Crippen LogP) is 4.69. The van der Waals surface area contributed by atoms with Crippen LogP contribution in [0.5, 0.6) is 0 Å². The van der Waals surface area contributed by atoms with E-state index in [0.717, 1.165) is 31.6 Å². The first-order valence-electron chi connectivity index (χ1n) is 11.8. The predicted molar refractivity (Wildman–Crippen MR) is 113 cm³/mol. The zero-order chi connectivity index (χ0) is 20.7. The highest BCUT2D eigenvalue weighted by molar-refractivity contribution is 4.70. The molecule has 0 saturated heterocycles. The van der Waals surface area contributed by atoms with E-state index in [2.05, 4.69) is 6.92 Å². The van der Waals surface area contributed by atoms with Gasteiger partial charge in [0, 0.05) is 0 Å². The van der Waals surface area contributed by atoms with Crippen LogP contribution < -0.4 is 0 Å². The molecule has 2 unspecified atom stereocenters. The maximum atomic E-state index is 5.95. The first-order chi connectivity index (χ1) is 14.1. The summed E-state index contributed by atoms with van der Waals surface area (Å²) in [5.41, 5.74) is 0. The third kappa shape index (κ3) is 12.3. The molecule has 6 nitrogen and oxygen atoms in total. The Hall–Kier alpha value is -0.240. The van der Waals surface area contributed by atoms with E-state index in [1.165, 1.54) is 32.1 Å². The molecule has 6 heteroatoms. The molecule has 2 atom stereocenters. The summed E-state index contributed by atoms with van der Waals surface area (Å²) in [5.74, 6) is 0.839. The molecule has 0 spiro atoms. The monoisotopic (exact) mass is 416 g/mol. The van der Waals surface area contributed by atoms with Crippen LogP contribution in [0, 0.1) is 5.92 Å². The van der Waals surface area contributed by atoms with Crippen LogP contribution in [0.4, 0.5) is 0 Å². The molecule has 0 aromatic rings. The fourth-order valence-corrected chi connectivity index (χ4v) is 4.06. The number of hydrogen-bond acceptors (Lipinski definition) is 6. The van der Waals surface area contributed by atoms with Gasteiger partial charge in [0.1, 0.15) is 0 Å². The van der Waals surface area contributed by atoms with Crippen molar-refractivity contribution in [3.63, 3.8) is 0 Å². The Balaban J connectivity index is 1.31. The summed E-state index contributed by atoms with van der Waals surface area (Å²) in [6, 6.07) is 0. The van der Waals surface area contributed by atoms with Crippen LogP contribution in [0.1, 0.15) is 78.6 Å². The van der Waals surface area contributed by atoms with E-state index in [0.29, 0.717) is 51.8 Å². The first-order valence-corrected chi connectivity index (χ1v) is 11.8. The highest BCUT2D eigenvalue weighted by atomic mass is 16.7. The molecule has 172 valence electrons. The summed E-state index contributed by atoms with van der Waals surface area (Å²) in [6.07, 6.45) is 11.4. The van der Waals surface area contributed by atoms with E-state index < -0.39 is 0 Å². The fourth-order valence-electron chi connectivity index (χ4n) is 4.06. The molecule has 0 aromatic carbocycles. The normalized spacial score (nSPS) is 25.8. The second-order valence-electron chi connectivity index (χ2n) is 8.52. The minimum atomic E-state index is -0.164. The van der Waals surface area contributed by atoms with Crippen LogP contribution in [0.25, 0.3) is 0 Å². The molecule has 0 amide bonds. The molecule has 2 aliphatic carbocycles. The Morgan fingerprint density at radius 1 is 0.586 bits per heavy atom. The van der Waals surface area contributed by atoms with Gasteiger partial charge in [0.25, 0.3) is 0 Å². The molecule has 2 rings (SSSR count). The third-order valence-electron chi connectivity index (χ3n) is 5.82. The van der Waals surface area contributed by atoms with Crippen molar-refractivity contribution >= 4 is 0 Å². The van der Waals surface area contributed by atoms with E-state index in [1.54, 1.807) is 0 Å². The maximum Gasteiger partial charge on any atom is 0.155 e. The Morgan fingerprint density at radius 2 is 1.03 bits per heavy atom. The van der Waals surface area contributed by atoms with Crippen LogP contribution in [0.2, 0.25) is 0 Å². The van der Waals surface area contributed by atoms with Gasteiger partial charge in [0.15, 0.2) is 12.6 Å². The Bertz CT molecular complexity index is 380. The second-order valence-corrected chi connectivity index (χ2v) is 8.52. The number of hydrogen-bond donors (Lipinski definition) is 0. The summed E-state index contributed by atoms with van der Waals surface area (Å²) >= 11 is 0. The van der Waals surface area contributed by atoms with Crippen LogP contribution >= 0.6 is 0 Å². The van der Waals surface area contributed by atoms with E-state index in [9.17, 15) is 0 Å². The zero-order valence-corrected chi connectivity index (χ0v) is 18.9. The van der Waals surface area contributed by atoms with Crippen LogP contribution in [-0.4, -0.2) is 64.4 Å². The van der Waals surface area contributed by atoms with Gasteiger partial charge < -0.3 is 28.4 Å². The van der Waals surface area contributed by atoms with Crippen molar-refractivity contribution in [1.82, 2.24) is 0 Å². The quantitative estimate of drug-likeness (QED) is 0.285. The van der Waals surface area contributed by atoms with Gasteiger partial charge in [-0.05, 0) is 58.3 Å². The molecule has 2 fully saturated rings. The first kappa shape index (κ1) is 25.0. The molecule has 0 N–H and O–H groups in total. The lowest BCUT2D eigenvalue weighted by Gasteiger charge is -2.28. The topological polar surface area (TPSA) is 55.4 Å². The molecule has 0 aliphatic heterocycles. The molecular weight excluding hydrogens is 372 g/mol. The van der Waals surface area contributed by atoms with Crippen molar-refractivity contribution in [2.45, 2.75) is 103 Å². The van der Waals surface area contributed by atoms with Crippen molar-refractivity contribution in [1.29, 1.82) is 0 Å². The van der Waals surface area contributed by atoms with Crippen LogP contribution in [0.15, 0.2) is 0 Å². The maximum absolute atomic E-state index is 5.95. The molecule has 2 aliphatic rings. The van der Waals surface area contributed by atoms with E-state index in [4.69, 9.17) is 28.4 Å². The lowest BCUT2D eigenvalue weighted by Crippen LogP contribution is -2.27. The molecule has 0 bridgehead atoms. The molecule has 0 radical (unpaired) electrons. The van der Waals surface area contributed by atoms with E-state index in [1.807, 2.05) is 13.8 Å². The highest BCUT2D eigenvalue weighted by Gasteiger charge is 2.20. The van der Waals surface area contributed by atoms with E-state index in [-0.39, 0.29) is 12.6 Å². The Labute approximate surface area is 177 Å². The lowest BCUT2D eigenvalue weighted by atomic mass is 9.89. The molecule has 0 aromatic heterocycles. The summed E-state index contributed by atoms with van der Waals surface area (Å²) < 4.78 is 34.3. The van der Waals surface area contributed by atoms with Crippen molar-refractivity contribution in [2.75, 3.05) is 39.6 Å². The number of ether oxygens (including phenoxy) is 6. The summed E-state index contributed by atoms with van der Waals surface area (Å²) in [4.78, 5) is 0. The van der Waals surface area contributed by atoms with Crippen molar-refractivity contribution in [3.05, 3.63) is 0 Å². The fraction of sp³-hybridized carbons (Fsp3) is 1.00. The summed E-state index contributed by atoms with van der Waals surface area (Å²) in [5, 5.41) is 0. The van der Waals surface area contributed by atoms with Crippen molar-refractivity contribution in [3.8, 4) is 0 Å². The summed E-state index contributed by atoms with van der Waals surface area (Å²) in [7, 11) is 0. The molecule has 2 saturated carbocycles. The SMILES string of the molecule is CC1CCC(OC(C)OCCOCCOCCOC(C)OC2CCCCC2)CC1. The van der Waals surface area contributed by atoms with Crippen molar-refractivity contribution < 1.29 is 28.4 Å². The highest BCUT2D eigenvalue weighted by Crippen LogP contribution is 2.26. The van der Waals surface area contributed by atoms with Crippen molar-refractivity contribution in [2.24, 2.45) is 5.92 Å². The van der Waals surface area contributed by atoms with Gasteiger partial charge in [-0.2, -0.15) is 0 Å². The molecule has 0 heterocycles. The van der Waals surface area contributed by atoms with Gasteiger partial charge in [-0.3, -0.25) is 0 Å². The Morgan fingerprint density at radius 3 is 1.55 bits per heavy atom. The Kier molecular flexibility index (Phi) is 13.4. The van der Waals surface area contributed by atoms with Crippen LogP contribution in [0.3, 0.4) is 0 Å². The average molecular weight is 417 g/mol. The lowest BCUT2D eigenvalue weighted by molar-refractivity contribution is -0.176. The summed E-state index contributed by atoms with van der Waals surface area (Å²) in [6.45, 7) is 9.59. The smallest absolute Gasteiger partial charge is 0.155 e. The third-order valence-corrected chi connectivity index (χ3v) is 5.82. The minimum absolute atomic E-state index is 0.156. The largest absolute Gasteiger partial charge is 0.377 e. The standard InChI is InChI=1S/C23H44O6/c1-19-9-11-23(12-10-19)29-21(3)27-18-16-25-14-13-24-15-17-26-20(2)28-22-7-5-4-6-8-22/h19-23H,4-18H2,1-3H3. The van der Waals surface area contributed by atoms with Gasteiger partial charge in [0.05, 0.1) is 51.8 Å². The van der Waals surface area contributed by atoms with Gasteiger partial charge in [-0.15, -0.1) is 0 Å². The molecule has 29 heavy (non-hydrogen) atoms. The average Bonchev–Trinajstić information content (AvgIpc) is 2.72. The zero-order valence-electron chi connectivity index (χ0n) is 18.9. The van der Waals surface area contributed by atoms with Gasteiger partial charge in [-0.25, -0.2) is 0 Å². The number of rotatable bonds is 15.